The van der Waals surface area contributed by atoms with E-state index in [0.717, 1.165) is 31.0 Å². The molecule has 0 bridgehead atoms. The Morgan fingerprint density at radius 1 is 1.53 bits per heavy atom. The number of hydrogen-bond donors (Lipinski definition) is 2. The van der Waals surface area contributed by atoms with Gasteiger partial charge in [-0.15, -0.1) is 0 Å². The zero-order valence-electron chi connectivity index (χ0n) is 10.7. The van der Waals surface area contributed by atoms with Crippen LogP contribution in [0, 0.1) is 12.8 Å². The first-order valence-electron chi connectivity index (χ1n) is 6.33. The lowest BCUT2D eigenvalue weighted by molar-refractivity contribution is 0.178. The number of rotatable bonds is 4. The van der Waals surface area contributed by atoms with Gasteiger partial charge in [-0.1, -0.05) is 12.1 Å². The van der Waals surface area contributed by atoms with Gasteiger partial charge in [-0.25, -0.2) is 0 Å². The Balaban J connectivity index is 1.86. The van der Waals surface area contributed by atoms with Crippen LogP contribution in [0.3, 0.4) is 0 Å². The molecule has 0 amide bonds. The third kappa shape index (κ3) is 3.20. The summed E-state index contributed by atoms with van der Waals surface area (Å²) in [6, 6.07) is 6.73. The molecule has 3 heteroatoms. The van der Waals surface area contributed by atoms with E-state index in [1.807, 2.05) is 13.0 Å². The first kappa shape index (κ1) is 12.4. The summed E-state index contributed by atoms with van der Waals surface area (Å²) >= 11 is 0. The summed E-state index contributed by atoms with van der Waals surface area (Å²) in [5, 5.41) is 3.57. The highest BCUT2D eigenvalue weighted by atomic mass is 16.5. The lowest BCUT2D eigenvalue weighted by Gasteiger charge is -2.19. The van der Waals surface area contributed by atoms with Crippen LogP contribution in [0.25, 0.3) is 0 Å². The predicted octanol–water partition coefficient (Wildman–Crippen LogP) is 2.09. The van der Waals surface area contributed by atoms with Gasteiger partial charge < -0.3 is 15.8 Å². The van der Waals surface area contributed by atoms with Crippen LogP contribution >= 0.6 is 0 Å². The maximum atomic E-state index is 5.81. The molecule has 2 unspecified atom stereocenters. The Hall–Kier alpha value is -1.06. The number of nitrogens with one attached hydrogen (secondary N) is 1. The summed E-state index contributed by atoms with van der Waals surface area (Å²) in [5.74, 6) is 0.657. The molecule has 1 heterocycles. The minimum Gasteiger partial charge on any atom is -0.399 e. The van der Waals surface area contributed by atoms with Gasteiger partial charge in [-0.2, -0.15) is 0 Å². The standard InChI is InChI=1S/C14H22N2O/c1-10-7-12(3-4-14(10)15)8-16-11(2)13-5-6-17-9-13/h3-4,7,11,13,16H,5-6,8-9,15H2,1-2H3. The van der Waals surface area contributed by atoms with Crippen molar-refractivity contribution >= 4 is 5.69 Å². The molecule has 0 aromatic heterocycles. The van der Waals surface area contributed by atoms with Crippen molar-refractivity contribution in [1.29, 1.82) is 0 Å². The van der Waals surface area contributed by atoms with E-state index in [1.165, 1.54) is 12.0 Å². The maximum absolute atomic E-state index is 5.81. The van der Waals surface area contributed by atoms with Gasteiger partial charge in [0.25, 0.3) is 0 Å². The first-order chi connectivity index (χ1) is 8.16. The van der Waals surface area contributed by atoms with E-state index in [4.69, 9.17) is 10.5 Å². The van der Waals surface area contributed by atoms with Crippen molar-refractivity contribution in [2.75, 3.05) is 18.9 Å². The Labute approximate surface area is 103 Å². The molecule has 0 spiro atoms. The van der Waals surface area contributed by atoms with Gasteiger partial charge in [0.05, 0.1) is 6.61 Å². The minimum absolute atomic E-state index is 0.510. The van der Waals surface area contributed by atoms with Crippen LogP contribution in [0.15, 0.2) is 18.2 Å². The smallest absolute Gasteiger partial charge is 0.0509 e. The van der Waals surface area contributed by atoms with Crippen molar-refractivity contribution in [3.8, 4) is 0 Å². The molecule has 3 nitrogen and oxygen atoms in total. The zero-order valence-corrected chi connectivity index (χ0v) is 10.7. The third-order valence-corrected chi connectivity index (χ3v) is 3.63. The summed E-state index contributed by atoms with van der Waals surface area (Å²) < 4.78 is 5.41. The normalized spacial score (nSPS) is 21.6. The quantitative estimate of drug-likeness (QED) is 0.784. The number of anilines is 1. The first-order valence-corrected chi connectivity index (χ1v) is 6.33. The van der Waals surface area contributed by atoms with E-state index in [-0.39, 0.29) is 0 Å². The molecule has 1 fully saturated rings. The van der Waals surface area contributed by atoms with Crippen LogP contribution < -0.4 is 11.1 Å². The fourth-order valence-electron chi connectivity index (χ4n) is 2.24. The van der Waals surface area contributed by atoms with Gasteiger partial charge in [0, 0.05) is 24.9 Å². The molecular weight excluding hydrogens is 212 g/mol. The van der Waals surface area contributed by atoms with Crippen LogP contribution in [0.4, 0.5) is 5.69 Å². The van der Waals surface area contributed by atoms with Gasteiger partial charge in [0.15, 0.2) is 0 Å². The number of hydrogen-bond acceptors (Lipinski definition) is 3. The molecule has 1 aromatic rings. The number of nitrogens with two attached hydrogens (primary N) is 1. The van der Waals surface area contributed by atoms with E-state index < -0.39 is 0 Å². The van der Waals surface area contributed by atoms with Crippen molar-refractivity contribution < 1.29 is 4.74 Å². The molecule has 1 saturated heterocycles. The van der Waals surface area contributed by atoms with Crippen LogP contribution in [0.1, 0.15) is 24.5 Å². The predicted molar refractivity (Wildman–Crippen MR) is 70.8 cm³/mol. The number of benzene rings is 1. The van der Waals surface area contributed by atoms with Gasteiger partial charge >= 0.3 is 0 Å². The highest BCUT2D eigenvalue weighted by molar-refractivity contribution is 5.47. The molecule has 0 radical (unpaired) electrons. The molecule has 2 atom stereocenters. The zero-order chi connectivity index (χ0) is 12.3. The lowest BCUT2D eigenvalue weighted by atomic mass is 10.0. The monoisotopic (exact) mass is 234 g/mol. The molecule has 0 aliphatic carbocycles. The Morgan fingerprint density at radius 2 is 2.35 bits per heavy atom. The Kier molecular flexibility index (Phi) is 4.02. The molecule has 1 aromatic carbocycles. The highest BCUT2D eigenvalue weighted by Crippen LogP contribution is 2.17. The average Bonchev–Trinajstić information content (AvgIpc) is 2.84. The van der Waals surface area contributed by atoms with Crippen molar-refractivity contribution in [3.05, 3.63) is 29.3 Å². The van der Waals surface area contributed by atoms with E-state index in [9.17, 15) is 0 Å². The minimum atomic E-state index is 0.510. The molecule has 94 valence electrons. The van der Waals surface area contributed by atoms with Crippen LogP contribution in [-0.4, -0.2) is 19.3 Å². The second kappa shape index (κ2) is 5.52. The summed E-state index contributed by atoms with van der Waals surface area (Å²) in [4.78, 5) is 0. The van der Waals surface area contributed by atoms with Crippen LogP contribution in [-0.2, 0) is 11.3 Å². The number of ether oxygens (including phenoxy) is 1. The van der Waals surface area contributed by atoms with E-state index in [1.54, 1.807) is 0 Å². The Bertz CT molecular complexity index is 372. The topological polar surface area (TPSA) is 47.3 Å². The molecule has 3 N–H and O–H groups in total. The summed E-state index contributed by atoms with van der Waals surface area (Å²) in [6.45, 7) is 7.00. The third-order valence-electron chi connectivity index (χ3n) is 3.63. The molecule has 2 rings (SSSR count). The number of aryl methyl sites for hydroxylation is 1. The second-order valence-electron chi connectivity index (χ2n) is 4.98. The maximum Gasteiger partial charge on any atom is 0.0509 e. The Morgan fingerprint density at radius 3 is 3.00 bits per heavy atom. The lowest BCUT2D eigenvalue weighted by Crippen LogP contribution is -2.33. The SMILES string of the molecule is Cc1cc(CNC(C)C2CCOC2)ccc1N. The van der Waals surface area contributed by atoms with E-state index in [0.29, 0.717) is 12.0 Å². The molecule has 1 aliphatic heterocycles. The van der Waals surface area contributed by atoms with Gasteiger partial charge in [-0.3, -0.25) is 0 Å². The van der Waals surface area contributed by atoms with Gasteiger partial charge in [0.1, 0.15) is 0 Å². The largest absolute Gasteiger partial charge is 0.399 e. The van der Waals surface area contributed by atoms with Gasteiger partial charge in [-0.05, 0) is 43.4 Å². The average molecular weight is 234 g/mol. The molecular formula is C14H22N2O. The summed E-state index contributed by atoms with van der Waals surface area (Å²) in [6.07, 6.45) is 1.18. The van der Waals surface area contributed by atoms with Crippen molar-refractivity contribution in [1.82, 2.24) is 5.32 Å². The second-order valence-corrected chi connectivity index (χ2v) is 4.98. The highest BCUT2D eigenvalue weighted by Gasteiger charge is 2.21. The van der Waals surface area contributed by atoms with Crippen molar-refractivity contribution in [3.63, 3.8) is 0 Å². The van der Waals surface area contributed by atoms with Crippen molar-refractivity contribution in [2.24, 2.45) is 5.92 Å². The molecule has 0 saturated carbocycles. The van der Waals surface area contributed by atoms with Crippen LogP contribution in [0.5, 0.6) is 0 Å². The molecule has 17 heavy (non-hydrogen) atoms. The van der Waals surface area contributed by atoms with E-state index >= 15 is 0 Å². The fourth-order valence-corrected chi connectivity index (χ4v) is 2.24. The molecule has 1 aliphatic rings. The summed E-state index contributed by atoms with van der Waals surface area (Å²) in [5.41, 5.74) is 9.12. The fraction of sp³-hybridized carbons (Fsp3) is 0.571. The van der Waals surface area contributed by atoms with Crippen molar-refractivity contribution in [2.45, 2.75) is 32.9 Å². The van der Waals surface area contributed by atoms with Crippen LogP contribution in [0.2, 0.25) is 0 Å². The van der Waals surface area contributed by atoms with E-state index in [2.05, 4.69) is 24.4 Å². The van der Waals surface area contributed by atoms with Gasteiger partial charge in [0.2, 0.25) is 0 Å². The summed E-state index contributed by atoms with van der Waals surface area (Å²) in [7, 11) is 0. The number of nitrogen functional groups attached to an aromatic ring is 1.